The molecule has 18 heavy (non-hydrogen) atoms. The number of benzene rings is 1. The number of aliphatic hydroxyl groups is 1. The van der Waals surface area contributed by atoms with Crippen LogP contribution in [0.2, 0.25) is 0 Å². The van der Waals surface area contributed by atoms with Gasteiger partial charge in [0.25, 0.3) is 0 Å². The Morgan fingerprint density at radius 2 is 2.28 bits per heavy atom. The van der Waals surface area contributed by atoms with E-state index in [2.05, 4.69) is 0 Å². The summed E-state index contributed by atoms with van der Waals surface area (Å²) in [5.41, 5.74) is 7.23. The Kier molecular flexibility index (Phi) is 5.77. The highest BCUT2D eigenvalue weighted by Gasteiger charge is 2.08. The average Bonchev–Trinajstić information content (AvgIpc) is 2.29. The number of likely N-dealkylation sites (N-methyl/N-ethyl adjacent to an activating group) is 1. The molecule has 1 aromatic rings. The Labute approximate surface area is 108 Å². The maximum Gasteiger partial charge on any atom is 0.122 e. The highest BCUT2D eigenvalue weighted by molar-refractivity contribution is 5.95. The molecule has 0 saturated carbocycles. The Morgan fingerprint density at radius 3 is 2.89 bits per heavy atom. The zero-order valence-electron chi connectivity index (χ0n) is 10.9. The Hall–Kier alpha value is -1.43. The molecule has 0 saturated heterocycles. The van der Waals surface area contributed by atoms with Gasteiger partial charge in [-0.15, -0.1) is 0 Å². The molecule has 5 nitrogen and oxygen atoms in total. The van der Waals surface area contributed by atoms with E-state index in [4.69, 9.17) is 15.9 Å². The van der Waals surface area contributed by atoms with Crippen molar-refractivity contribution in [1.29, 1.82) is 5.41 Å². The van der Waals surface area contributed by atoms with Gasteiger partial charge in [0.1, 0.15) is 5.84 Å². The predicted molar refractivity (Wildman–Crippen MR) is 71.7 cm³/mol. The van der Waals surface area contributed by atoms with Gasteiger partial charge in [-0.05, 0) is 18.7 Å². The molecule has 100 valence electrons. The van der Waals surface area contributed by atoms with E-state index in [0.717, 1.165) is 11.1 Å². The number of hydrogen-bond acceptors (Lipinski definition) is 4. The Balaban J connectivity index is 2.56. The van der Waals surface area contributed by atoms with Gasteiger partial charge < -0.3 is 15.6 Å². The van der Waals surface area contributed by atoms with Crippen LogP contribution >= 0.6 is 0 Å². The SMILES string of the molecule is COCC(O)CN(C)Cc1cccc(C(=N)N)c1. The van der Waals surface area contributed by atoms with E-state index in [1.54, 1.807) is 7.11 Å². The minimum Gasteiger partial charge on any atom is -0.389 e. The average molecular weight is 251 g/mol. The first-order valence-electron chi connectivity index (χ1n) is 5.81. The maximum absolute atomic E-state index is 9.62. The lowest BCUT2D eigenvalue weighted by atomic mass is 10.1. The maximum atomic E-state index is 9.62. The summed E-state index contributed by atoms with van der Waals surface area (Å²) in [4.78, 5) is 2.00. The summed E-state index contributed by atoms with van der Waals surface area (Å²) in [6.45, 7) is 1.57. The van der Waals surface area contributed by atoms with Gasteiger partial charge in [0.05, 0.1) is 12.7 Å². The van der Waals surface area contributed by atoms with Crippen LogP contribution in [-0.4, -0.2) is 49.3 Å². The van der Waals surface area contributed by atoms with Gasteiger partial charge in [-0.3, -0.25) is 10.3 Å². The van der Waals surface area contributed by atoms with Gasteiger partial charge in [-0.1, -0.05) is 18.2 Å². The largest absolute Gasteiger partial charge is 0.389 e. The number of ether oxygens (including phenoxy) is 1. The van der Waals surface area contributed by atoms with Crippen molar-refractivity contribution in [3.8, 4) is 0 Å². The number of nitrogens with one attached hydrogen (secondary N) is 1. The summed E-state index contributed by atoms with van der Waals surface area (Å²) in [6.07, 6.45) is -0.490. The first-order chi connectivity index (χ1) is 8.52. The van der Waals surface area contributed by atoms with Crippen molar-refractivity contribution in [3.63, 3.8) is 0 Å². The molecule has 0 amide bonds. The van der Waals surface area contributed by atoms with Crippen LogP contribution in [0.5, 0.6) is 0 Å². The molecule has 0 fully saturated rings. The molecule has 0 spiro atoms. The van der Waals surface area contributed by atoms with E-state index in [1.807, 2.05) is 36.2 Å². The van der Waals surface area contributed by atoms with Crippen molar-refractivity contribution in [2.45, 2.75) is 12.6 Å². The van der Waals surface area contributed by atoms with Crippen molar-refractivity contribution in [1.82, 2.24) is 4.90 Å². The number of methoxy groups -OCH3 is 1. The number of hydrogen-bond donors (Lipinski definition) is 3. The van der Waals surface area contributed by atoms with Crippen LogP contribution in [0.3, 0.4) is 0 Å². The molecule has 0 radical (unpaired) electrons. The van der Waals surface area contributed by atoms with Crippen molar-refractivity contribution in [2.75, 3.05) is 27.3 Å². The third-order valence-electron chi connectivity index (χ3n) is 2.57. The summed E-state index contributed by atoms with van der Waals surface area (Å²) in [5.74, 6) is 0.0684. The van der Waals surface area contributed by atoms with Crippen LogP contribution in [0, 0.1) is 5.41 Å². The second-order valence-corrected chi connectivity index (χ2v) is 4.42. The smallest absolute Gasteiger partial charge is 0.122 e. The van der Waals surface area contributed by atoms with E-state index in [-0.39, 0.29) is 5.84 Å². The van der Waals surface area contributed by atoms with Crippen LogP contribution in [0.4, 0.5) is 0 Å². The molecule has 0 bridgehead atoms. The van der Waals surface area contributed by atoms with Crippen molar-refractivity contribution < 1.29 is 9.84 Å². The molecule has 5 heteroatoms. The van der Waals surface area contributed by atoms with Crippen LogP contribution in [0.15, 0.2) is 24.3 Å². The van der Waals surface area contributed by atoms with Gasteiger partial charge in [0, 0.05) is 25.8 Å². The normalized spacial score (nSPS) is 12.7. The van der Waals surface area contributed by atoms with Gasteiger partial charge in [-0.2, -0.15) is 0 Å². The van der Waals surface area contributed by atoms with E-state index < -0.39 is 6.10 Å². The fourth-order valence-corrected chi connectivity index (χ4v) is 1.82. The second kappa shape index (κ2) is 7.10. The summed E-state index contributed by atoms with van der Waals surface area (Å²) < 4.78 is 4.88. The number of nitrogen functional groups attached to an aromatic ring is 1. The molecule has 0 heterocycles. The molecular formula is C13H21N3O2. The van der Waals surface area contributed by atoms with Crippen molar-refractivity contribution in [3.05, 3.63) is 35.4 Å². The number of nitrogens with zero attached hydrogens (tertiary/aromatic N) is 1. The molecule has 1 rings (SSSR count). The standard InChI is InChI=1S/C13H21N3O2/c1-16(8-12(17)9-18-2)7-10-4-3-5-11(6-10)13(14)15/h3-6,12,17H,7-9H2,1-2H3,(H3,14,15). The lowest BCUT2D eigenvalue weighted by molar-refractivity contribution is 0.0419. The number of amidine groups is 1. The van der Waals surface area contributed by atoms with E-state index >= 15 is 0 Å². The van der Waals surface area contributed by atoms with Crippen LogP contribution < -0.4 is 5.73 Å². The molecule has 0 aromatic heterocycles. The third kappa shape index (κ3) is 4.83. The number of nitrogens with two attached hydrogens (primary N) is 1. The van der Waals surface area contributed by atoms with Crippen molar-refractivity contribution in [2.24, 2.45) is 5.73 Å². The van der Waals surface area contributed by atoms with Gasteiger partial charge in [0.15, 0.2) is 0 Å². The highest BCUT2D eigenvalue weighted by atomic mass is 16.5. The van der Waals surface area contributed by atoms with E-state index in [1.165, 1.54) is 0 Å². The molecule has 4 N–H and O–H groups in total. The molecule has 1 atom stereocenters. The summed E-state index contributed by atoms with van der Waals surface area (Å²) >= 11 is 0. The Morgan fingerprint density at radius 1 is 1.56 bits per heavy atom. The number of rotatable bonds is 7. The second-order valence-electron chi connectivity index (χ2n) is 4.42. The zero-order chi connectivity index (χ0) is 13.5. The quantitative estimate of drug-likeness (QED) is 0.484. The first kappa shape index (κ1) is 14.6. The first-order valence-corrected chi connectivity index (χ1v) is 5.81. The number of aliphatic hydroxyl groups excluding tert-OH is 1. The van der Waals surface area contributed by atoms with Crippen LogP contribution in [-0.2, 0) is 11.3 Å². The highest BCUT2D eigenvalue weighted by Crippen LogP contribution is 2.07. The summed E-state index contributed by atoms with van der Waals surface area (Å²) in [6, 6.07) is 7.56. The lowest BCUT2D eigenvalue weighted by Crippen LogP contribution is -2.31. The van der Waals surface area contributed by atoms with E-state index in [9.17, 15) is 5.11 Å². The van der Waals surface area contributed by atoms with Crippen LogP contribution in [0.1, 0.15) is 11.1 Å². The van der Waals surface area contributed by atoms with Crippen molar-refractivity contribution >= 4 is 5.84 Å². The zero-order valence-corrected chi connectivity index (χ0v) is 10.9. The van der Waals surface area contributed by atoms with E-state index in [0.29, 0.717) is 19.7 Å². The molecule has 1 aromatic carbocycles. The molecule has 0 aliphatic carbocycles. The summed E-state index contributed by atoms with van der Waals surface area (Å²) in [5, 5.41) is 17.0. The van der Waals surface area contributed by atoms with Crippen LogP contribution in [0.25, 0.3) is 0 Å². The monoisotopic (exact) mass is 251 g/mol. The topological polar surface area (TPSA) is 82.6 Å². The molecule has 0 aliphatic heterocycles. The lowest BCUT2D eigenvalue weighted by Gasteiger charge is -2.20. The molecule has 0 aliphatic rings. The van der Waals surface area contributed by atoms with Gasteiger partial charge in [-0.25, -0.2) is 0 Å². The molecular weight excluding hydrogens is 230 g/mol. The van der Waals surface area contributed by atoms with Gasteiger partial charge >= 0.3 is 0 Å². The fraction of sp³-hybridized carbons (Fsp3) is 0.462. The minimum atomic E-state index is -0.490. The third-order valence-corrected chi connectivity index (χ3v) is 2.57. The van der Waals surface area contributed by atoms with Gasteiger partial charge in [0.2, 0.25) is 0 Å². The summed E-state index contributed by atoms with van der Waals surface area (Å²) in [7, 11) is 3.50. The predicted octanol–water partition coefficient (Wildman–Crippen LogP) is 0.410. The fourth-order valence-electron chi connectivity index (χ4n) is 1.82. The molecule has 1 unspecified atom stereocenters. The Bertz CT molecular complexity index is 396. The minimum absolute atomic E-state index is 0.0684.